The van der Waals surface area contributed by atoms with Crippen molar-refractivity contribution in [3.63, 3.8) is 0 Å². The summed E-state index contributed by atoms with van der Waals surface area (Å²) in [5, 5.41) is 9.60. The first-order chi connectivity index (χ1) is 9.40. The molecule has 2 rings (SSSR count). The quantitative estimate of drug-likeness (QED) is 0.911. The van der Waals surface area contributed by atoms with Crippen molar-refractivity contribution in [3.05, 3.63) is 59.9 Å². The van der Waals surface area contributed by atoms with Crippen molar-refractivity contribution in [1.82, 2.24) is 4.72 Å². The van der Waals surface area contributed by atoms with Gasteiger partial charge in [0, 0.05) is 6.04 Å². The molecule has 0 aliphatic carbocycles. The maximum Gasteiger partial charge on any atom is 0.244 e. The zero-order valence-electron chi connectivity index (χ0n) is 10.7. The van der Waals surface area contributed by atoms with Crippen molar-refractivity contribution in [2.75, 3.05) is 0 Å². The molecule has 0 bridgehead atoms. The summed E-state index contributed by atoms with van der Waals surface area (Å²) >= 11 is 0. The van der Waals surface area contributed by atoms with E-state index in [0.29, 0.717) is 5.56 Å². The molecule has 0 aliphatic heterocycles. The second-order valence-electron chi connectivity index (χ2n) is 4.36. The highest BCUT2D eigenvalue weighted by atomic mass is 32.2. The fraction of sp³-hybridized carbons (Fsp3) is 0.143. The van der Waals surface area contributed by atoms with E-state index in [-0.39, 0.29) is 16.5 Å². The summed E-state index contributed by atoms with van der Waals surface area (Å²) in [6, 6.07) is 10.7. The van der Waals surface area contributed by atoms with Crippen LogP contribution in [0.1, 0.15) is 18.5 Å². The molecule has 2 N–H and O–H groups in total. The fourth-order valence-electron chi connectivity index (χ4n) is 1.80. The van der Waals surface area contributed by atoms with Gasteiger partial charge >= 0.3 is 0 Å². The Bertz CT molecular complexity index is 699. The number of hydrogen-bond acceptors (Lipinski definition) is 3. The number of rotatable bonds is 4. The van der Waals surface area contributed by atoms with Crippen LogP contribution in [0, 0.1) is 5.82 Å². The second-order valence-corrected chi connectivity index (χ2v) is 6.04. The van der Waals surface area contributed by atoms with Crippen LogP contribution < -0.4 is 4.72 Å². The number of hydrogen-bond donors (Lipinski definition) is 2. The predicted octanol–water partition coefficient (Wildman–Crippen LogP) is 2.57. The highest BCUT2D eigenvalue weighted by Crippen LogP contribution is 2.23. The first-order valence-electron chi connectivity index (χ1n) is 5.96. The number of para-hydroxylation sites is 1. The standard InChI is InChI=1S/C14H14FNO3S/c1-10(11-6-8-12(15)9-7-11)16-20(18,19)14-5-3-2-4-13(14)17/h2-10,16-17H,1H3. The molecule has 0 fully saturated rings. The number of benzene rings is 2. The summed E-state index contributed by atoms with van der Waals surface area (Å²) in [4.78, 5) is -0.186. The normalized spacial score (nSPS) is 13.1. The minimum Gasteiger partial charge on any atom is -0.507 e. The van der Waals surface area contributed by atoms with Gasteiger partial charge in [0.25, 0.3) is 0 Å². The smallest absolute Gasteiger partial charge is 0.244 e. The highest BCUT2D eigenvalue weighted by molar-refractivity contribution is 7.89. The van der Waals surface area contributed by atoms with Crippen molar-refractivity contribution in [2.45, 2.75) is 17.9 Å². The number of phenols is 1. The third-order valence-corrected chi connectivity index (χ3v) is 4.44. The molecule has 0 spiro atoms. The molecular weight excluding hydrogens is 281 g/mol. The van der Waals surface area contributed by atoms with E-state index in [2.05, 4.69) is 4.72 Å². The van der Waals surface area contributed by atoms with E-state index in [1.165, 1.54) is 48.5 Å². The van der Waals surface area contributed by atoms with E-state index in [1.54, 1.807) is 6.92 Å². The second kappa shape index (κ2) is 5.60. The van der Waals surface area contributed by atoms with E-state index < -0.39 is 16.1 Å². The van der Waals surface area contributed by atoms with Crippen LogP contribution in [0.2, 0.25) is 0 Å². The molecule has 0 saturated heterocycles. The van der Waals surface area contributed by atoms with E-state index in [0.717, 1.165) is 0 Å². The zero-order valence-corrected chi connectivity index (χ0v) is 11.6. The molecule has 0 aromatic heterocycles. The SMILES string of the molecule is CC(NS(=O)(=O)c1ccccc1O)c1ccc(F)cc1. The van der Waals surface area contributed by atoms with Crippen LogP contribution >= 0.6 is 0 Å². The van der Waals surface area contributed by atoms with Gasteiger partial charge in [-0.1, -0.05) is 24.3 Å². The largest absolute Gasteiger partial charge is 0.507 e. The molecule has 1 atom stereocenters. The Hall–Kier alpha value is -1.92. The third kappa shape index (κ3) is 3.15. The molecule has 4 nitrogen and oxygen atoms in total. The lowest BCUT2D eigenvalue weighted by atomic mass is 10.1. The van der Waals surface area contributed by atoms with Crippen LogP contribution in [0.4, 0.5) is 4.39 Å². The average Bonchev–Trinajstić information content (AvgIpc) is 2.39. The van der Waals surface area contributed by atoms with Crippen molar-refractivity contribution >= 4 is 10.0 Å². The Labute approximate surface area is 116 Å². The fourth-order valence-corrected chi connectivity index (χ4v) is 3.13. The van der Waals surface area contributed by atoms with Gasteiger partial charge in [0.15, 0.2) is 0 Å². The molecule has 20 heavy (non-hydrogen) atoms. The number of aromatic hydroxyl groups is 1. The van der Waals surface area contributed by atoms with Gasteiger partial charge in [-0.05, 0) is 36.8 Å². The topological polar surface area (TPSA) is 66.4 Å². The molecule has 0 radical (unpaired) electrons. The first kappa shape index (κ1) is 14.5. The predicted molar refractivity (Wildman–Crippen MR) is 73.2 cm³/mol. The average molecular weight is 295 g/mol. The van der Waals surface area contributed by atoms with Gasteiger partial charge in [-0.15, -0.1) is 0 Å². The van der Waals surface area contributed by atoms with Crippen LogP contribution in [-0.2, 0) is 10.0 Å². The molecule has 2 aromatic carbocycles. The van der Waals surface area contributed by atoms with Crippen molar-refractivity contribution < 1.29 is 17.9 Å². The monoisotopic (exact) mass is 295 g/mol. The van der Waals surface area contributed by atoms with Gasteiger partial charge in [0.1, 0.15) is 16.5 Å². The van der Waals surface area contributed by atoms with Gasteiger partial charge in [-0.3, -0.25) is 0 Å². The van der Waals surface area contributed by atoms with Crippen LogP contribution in [0.5, 0.6) is 5.75 Å². The Balaban J connectivity index is 2.24. The summed E-state index contributed by atoms with van der Waals surface area (Å²) in [5.41, 5.74) is 0.630. The molecule has 0 amide bonds. The molecule has 1 unspecified atom stereocenters. The lowest BCUT2D eigenvalue weighted by Gasteiger charge is -2.15. The lowest BCUT2D eigenvalue weighted by molar-refractivity contribution is 0.457. The summed E-state index contributed by atoms with van der Waals surface area (Å²) in [6.07, 6.45) is 0. The highest BCUT2D eigenvalue weighted by Gasteiger charge is 2.21. The molecule has 106 valence electrons. The number of halogens is 1. The summed E-state index contributed by atoms with van der Waals surface area (Å²) in [5.74, 6) is -0.698. The molecule has 2 aromatic rings. The molecule has 0 aliphatic rings. The van der Waals surface area contributed by atoms with Crippen molar-refractivity contribution in [3.8, 4) is 5.75 Å². The van der Waals surface area contributed by atoms with E-state index in [9.17, 15) is 17.9 Å². The van der Waals surface area contributed by atoms with E-state index in [4.69, 9.17) is 0 Å². The van der Waals surface area contributed by atoms with Gasteiger partial charge in [0.05, 0.1) is 0 Å². The molecule has 6 heteroatoms. The van der Waals surface area contributed by atoms with Crippen LogP contribution in [0.15, 0.2) is 53.4 Å². The van der Waals surface area contributed by atoms with Crippen molar-refractivity contribution in [2.24, 2.45) is 0 Å². The maximum absolute atomic E-state index is 12.8. The summed E-state index contributed by atoms with van der Waals surface area (Å²) in [6.45, 7) is 1.64. The Kier molecular flexibility index (Phi) is 4.06. The Morgan fingerprint density at radius 3 is 2.30 bits per heavy atom. The van der Waals surface area contributed by atoms with Gasteiger partial charge in [0.2, 0.25) is 10.0 Å². The maximum atomic E-state index is 12.8. The third-order valence-electron chi connectivity index (χ3n) is 2.86. The van der Waals surface area contributed by atoms with Gasteiger partial charge in [-0.25, -0.2) is 17.5 Å². The zero-order chi connectivity index (χ0) is 14.8. The summed E-state index contributed by atoms with van der Waals surface area (Å²) < 4.78 is 39.6. The van der Waals surface area contributed by atoms with Crippen LogP contribution in [0.25, 0.3) is 0 Å². The Morgan fingerprint density at radius 2 is 1.70 bits per heavy atom. The number of nitrogens with one attached hydrogen (secondary N) is 1. The van der Waals surface area contributed by atoms with E-state index >= 15 is 0 Å². The minimum absolute atomic E-state index is 0.186. The van der Waals surface area contributed by atoms with Crippen molar-refractivity contribution in [1.29, 1.82) is 0 Å². The lowest BCUT2D eigenvalue weighted by Crippen LogP contribution is -2.26. The minimum atomic E-state index is -3.84. The molecule has 0 saturated carbocycles. The molecular formula is C14H14FNO3S. The molecule has 0 heterocycles. The van der Waals surface area contributed by atoms with Crippen LogP contribution in [0.3, 0.4) is 0 Å². The number of sulfonamides is 1. The summed E-state index contributed by atoms with van der Waals surface area (Å²) in [7, 11) is -3.84. The van der Waals surface area contributed by atoms with Crippen LogP contribution in [-0.4, -0.2) is 13.5 Å². The first-order valence-corrected chi connectivity index (χ1v) is 7.44. The van der Waals surface area contributed by atoms with E-state index in [1.807, 2.05) is 0 Å². The van der Waals surface area contributed by atoms with Gasteiger partial charge in [-0.2, -0.15) is 0 Å². The Morgan fingerprint density at radius 1 is 1.10 bits per heavy atom. The van der Waals surface area contributed by atoms with Gasteiger partial charge < -0.3 is 5.11 Å². The number of phenolic OH excluding ortho intramolecular Hbond substituents is 1.